The molecular formula is C32H33NO6. The molecule has 0 radical (unpaired) electrons. The highest BCUT2D eigenvalue weighted by Crippen LogP contribution is 2.42. The quantitative estimate of drug-likeness (QED) is 0.207. The fourth-order valence-corrected chi connectivity index (χ4v) is 5.02. The average molecular weight is 528 g/mol. The van der Waals surface area contributed by atoms with Crippen molar-refractivity contribution >= 4 is 16.9 Å². The Hall–Kier alpha value is -4.26. The Balaban J connectivity index is 1.60. The van der Waals surface area contributed by atoms with Gasteiger partial charge in [0.25, 0.3) is 5.91 Å². The SMILES string of the molecule is CCCCCOc1ccc(C2c3c(oc4ccccc4c3=O)C(=O)N2Cc2ccc(OC)cc2)cc1OCC. The smallest absolute Gasteiger partial charge is 0.291 e. The summed E-state index contributed by atoms with van der Waals surface area (Å²) in [6, 6.07) is 19.6. The van der Waals surface area contributed by atoms with Gasteiger partial charge in [-0.15, -0.1) is 0 Å². The minimum atomic E-state index is -0.649. The van der Waals surface area contributed by atoms with Crippen LogP contribution in [-0.4, -0.2) is 31.1 Å². The maximum Gasteiger partial charge on any atom is 0.291 e. The number of nitrogens with zero attached hydrogens (tertiary/aromatic N) is 1. The molecule has 1 amide bonds. The van der Waals surface area contributed by atoms with Crippen LogP contribution in [-0.2, 0) is 6.54 Å². The van der Waals surface area contributed by atoms with Gasteiger partial charge in [0.1, 0.15) is 11.3 Å². The second kappa shape index (κ2) is 11.6. The van der Waals surface area contributed by atoms with Gasteiger partial charge in [0.15, 0.2) is 16.9 Å². The molecule has 1 unspecified atom stereocenters. The molecule has 0 bridgehead atoms. The van der Waals surface area contributed by atoms with Gasteiger partial charge in [-0.2, -0.15) is 0 Å². The Bertz CT molecular complexity index is 1520. The van der Waals surface area contributed by atoms with Crippen LogP contribution in [0.25, 0.3) is 11.0 Å². The fourth-order valence-electron chi connectivity index (χ4n) is 5.02. The number of fused-ring (bicyclic) bond motifs is 2. The molecule has 1 aliphatic heterocycles. The van der Waals surface area contributed by atoms with E-state index in [0.29, 0.717) is 41.2 Å². The lowest BCUT2D eigenvalue weighted by molar-refractivity contribution is 0.0714. The zero-order valence-electron chi connectivity index (χ0n) is 22.6. The third-order valence-electron chi connectivity index (χ3n) is 6.97. The Labute approximate surface area is 227 Å². The molecule has 1 atom stereocenters. The van der Waals surface area contributed by atoms with Crippen LogP contribution < -0.4 is 19.6 Å². The third kappa shape index (κ3) is 5.21. The van der Waals surface area contributed by atoms with Crippen LogP contribution in [0.2, 0.25) is 0 Å². The summed E-state index contributed by atoms with van der Waals surface area (Å²) >= 11 is 0. The number of hydrogen-bond acceptors (Lipinski definition) is 6. The second-order valence-electron chi connectivity index (χ2n) is 9.55. The molecule has 0 aliphatic carbocycles. The number of benzene rings is 3. The molecule has 3 aromatic carbocycles. The van der Waals surface area contributed by atoms with E-state index in [9.17, 15) is 9.59 Å². The van der Waals surface area contributed by atoms with Crippen molar-refractivity contribution in [3.63, 3.8) is 0 Å². The molecule has 1 aromatic heterocycles. The molecule has 2 heterocycles. The van der Waals surface area contributed by atoms with Crippen LogP contribution in [0.3, 0.4) is 0 Å². The number of para-hydroxylation sites is 1. The molecule has 7 nitrogen and oxygen atoms in total. The molecule has 4 aromatic rings. The highest BCUT2D eigenvalue weighted by molar-refractivity contribution is 5.99. The number of hydrogen-bond donors (Lipinski definition) is 0. The lowest BCUT2D eigenvalue weighted by atomic mass is 9.97. The fraction of sp³-hybridized carbons (Fsp3) is 0.312. The summed E-state index contributed by atoms with van der Waals surface area (Å²) in [4.78, 5) is 29.3. The maximum absolute atomic E-state index is 13.8. The monoisotopic (exact) mass is 527 g/mol. The highest BCUT2D eigenvalue weighted by Gasteiger charge is 2.43. The standard InChI is InChI=1S/C32H33NO6/c1-4-6-9-18-38-26-17-14-22(19-27(26)37-5-2)29-28-30(34)24-10-7-8-11-25(24)39-31(28)32(35)33(29)20-21-12-15-23(36-3)16-13-21/h7-8,10-17,19,29H,4-6,9,18,20H2,1-3H3. The molecule has 0 saturated heterocycles. The number of carbonyl (C=O) groups excluding carboxylic acids is 1. The van der Waals surface area contributed by atoms with Crippen molar-refractivity contribution in [1.82, 2.24) is 4.90 Å². The predicted molar refractivity (Wildman–Crippen MR) is 150 cm³/mol. The number of methoxy groups -OCH3 is 1. The van der Waals surface area contributed by atoms with Crippen molar-refractivity contribution in [3.8, 4) is 17.2 Å². The summed E-state index contributed by atoms with van der Waals surface area (Å²) in [6.07, 6.45) is 3.15. The van der Waals surface area contributed by atoms with Crippen molar-refractivity contribution in [2.75, 3.05) is 20.3 Å². The first-order valence-corrected chi connectivity index (χ1v) is 13.4. The first kappa shape index (κ1) is 26.4. The average Bonchev–Trinajstić information content (AvgIpc) is 3.23. The Morgan fingerprint density at radius 1 is 0.897 bits per heavy atom. The Kier molecular flexibility index (Phi) is 7.87. The zero-order valence-corrected chi connectivity index (χ0v) is 22.6. The van der Waals surface area contributed by atoms with Crippen LogP contribution in [0.1, 0.15) is 66.4 Å². The van der Waals surface area contributed by atoms with E-state index in [4.69, 9.17) is 18.6 Å². The summed E-state index contributed by atoms with van der Waals surface area (Å²) < 4.78 is 23.3. The van der Waals surface area contributed by atoms with Crippen molar-refractivity contribution in [3.05, 3.63) is 99.4 Å². The van der Waals surface area contributed by atoms with Crippen LogP contribution >= 0.6 is 0 Å². The van der Waals surface area contributed by atoms with Crippen molar-refractivity contribution < 1.29 is 23.4 Å². The number of ether oxygens (including phenoxy) is 3. The molecule has 0 saturated carbocycles. The summed E-state index contributed by atoms with van der Waals surface area (Å²) in [6.45, 7) is 5.40. The van der Waals surface area contributed by atoms with Gasteiger partial charge in [-0.25, -0.2) is 0 Å². The number of unbranched alkanes of at least 4 members (excludes halogenated alkanes) is 2. The minimum Gasteiger partial charge on any atom is -0.497 e. The molecule has 1 aliphatic rings. The predicted octanol–water partition coefficient (Wildman–Crippen LogP) is 6.51. The summed E-state index contributed by atoms with van der Waals surface area (Å²) in [7, 11) is 1.61. The van der Waals surface area contributed by atoms with E-state index < -0.39 is 6.04 Å². The van der Waals surface area contributed by atoms with E-state index in [1.54, 1.807) is 36.3 Å². The van der Waals surface area contributed by atoms with E-state index in [-0.39, 0.29) is 23.6 Å². The van der Waals surface area contributed by atoms with E-state index >= 15 is 0 Å². The van der Waals surface area contributed by atoms with Gasteiger partial charge in [0, 0.05) is 6.54 Å². The van der Waals surface area contributed by atoms with Gasteiger partial charge in [-0.1, -0.05) is 50.1 Å². The molecule has 7 heteroatoms. The normalized spacial score (nSPS) is 14.5. The van der Waals surface area contributed by atoms with E-state index in [2.05, 4.69) is 6.92 Å². The molecule has 202 valence electrons. The Morgan fingerprint density at radius 3 is 2.44 bits per heavy atom. The minimum absolute atomic E-state index is 0.0788. The summed E-state index contributed by atoms with van der Waals surface area (Å²) in [5.74, 6) is 1.71. The van der Waals surface area contributed by atoms with Gasteiger partial charge in [-0.05, 0) is 60.9 Å². The molecule has 0 spiro atoms. The van der Waals surface area contributed by atoms with Gasteiger partial charge >= 0.3 is 0 Å². The largest absolute Gasteiger partial charge is 0.497 e. The van der Waals surface area contributed by atoms with Crippen molar-refractivity contribution in [2.45, 2.75) is 45.7 Å². The van der Waals surface area contributed by atoms with E-state index in [1.807, 2.05) is 49.4 Å². The first-order chi connectivity index (χ1) is 19.0. The lowest BCUT2D eigenvalue weighted by Crippen LogP contribution is -2.29. The Morgan fingerprint density at radius 2 is 1.69 bits per heavy atom. The molecular weight excluding hydrogens is 494 g/mol. The highest BCUT2D eigenvalue weighted by atomic mass is 16.5. The van der Waals surface area contributed by atoms with Crippen molar-refractivity contribution in [1.29, 1.82) is 0 Å². The summed E-state index contributed by atoms with van der Waals surface area (Å²) in [5, 5.41) is 0.446. The van der Waals surface area contributed by atoms with Crippen LogP contribution in [0, 0.1) is 0 Å². The number of amides is 1. The molecule has 0 N–H and O–H groups in total. The molecule has 5 rings (SSSR count). The zero-order chi connectivity index (χ0) is 27.4. The molecule has 39 heavy (non-hydrogen) atoms. The van der Waals surface area contributed by atoms with Gasteiger partial charge in [-0.3, -0.25) is 9.59 Å². The van der Waals surface area contributed by atoms with Gasteiger partial charge in [0.2, 0.25) is 5.76 Å². The summed E-state index contributed by atoms with van der Waals surface area (Å²) in [5.41, 5.74) is 2.18. The van der Waals surface area contributed by atoms with E-state index in [0.717, 1.165) is 36.1 Å². The van der Waals surface area contributed by atoms with Gasteiger partial charge in [0.05, 0.1) is 37.3 Å². The number of carbonyl (C=O) groups is 1. The van der Waals surface area contributed by atoms with Crippen molar-refractivity contribution in [2.24, 2.45) is 0 Å². The number of rotatable bonds is 11. The topological polar surface area (TPSA) is 78.2 Å². The van der Waals surface area contributed by atoms with Crippen LogP contribution in [0.4, 0.5) is 0 Å². The third-order valence-corrected chi connectivity index (χ3v) is 6.97. The van der Waals surface area contributed by atoms with Crippen LogP contribution in [0.5, 0.6) is 17.2 Å². The van der Waals surface area contributed by atoms with Gasteiger partial charge < -0.3 is 23.5 Å². The lowest BCUT2D eigenvalue weighted by Gasteiger charge is -2.26. The maximum atomic E-state index is 13.8. The first-order valence-electron chi connectivity index (χ1n) is 13.4. The molecule has 0 fully saturated rings. The van der Waals surface area contributed by atoms with Crippen LogP contribution in [0.15, 0.2) is 75.9 Å². The second-order valence-corrected chi connectivity index (χ2v) is 9.55. The van der Waals surface area contributed by atoms with E-state index in [1.165, 1.54) is 0 Å².